The molecule has 0 aliphatic rings. The van der Waals surface area contributed by atoms with Crippen molar-refractivity contribution in [1.29, 1.82) is 0 Å². The molecule has 23 heavy (non-hydrogen) atoms. The van der Waals surface area contributed by atoms with Crippen LogP contribution in [0.25, 0.3) is 0 Å². The average molecular weight is 347 g/mol. The zero-order chi connectivity index (χ0) is 17.0. The zero-order valence-corrected chi connectivity index (χ0v) is 14.9. The van der Waals surface area contributed by atoms with Gasteiger partial charge in [-0.1, -0.05) is 70.7 Å². The molecule has 2 aromatic carbocycles. The predicted octanol–water partition coefficient (Wildman–Crippen LogP) is 6.78. The third-order valence-electron chi connectivity index (χ3n) is 3.64. The van der Waals surface area contributed by atoms with Crippen molar-refractivity contribution in [2.75, 3.05) is 0 Å². The van der Waals surface area contributed by atoms with E-state index in [1.807, 2.05) is 50.2 Å². The highest BCUT2D eigenvalue weighted by molar-refractivity contribution is 6.31. The van der Waals surface area contributed by atoms with Gasteiger partial charge in [0, 0.05) is 21.2 Å². The maximum Gasteiger partial charge on any atom is 0.103 e. The van der Waals surface area contributed by atoms with E-state index in [0.717, 1.165) is 22.3 Å². The molecule has 0 radical (unpaired) electrons. The van der Waals surface area contributed by atoms with Gasteiger partial charge in [-0.3, -0.25) is 0 Å². The van der Waals surface area contributed by atoms with E-state index in [1.165, 1.54) is 0 Å². The Morgan fingerprint density at radius 2 is 1.22 bits per heavy atom. The fourth-order valence-corrected chi connectivity index (χ4v) is 2.88. The van der Waals surface area contributed by atoms with Crippen LogP contribution in [0.4, 0.5) is 0 Å². The molecule has 0 saturated heterocycles. The van der Waals surface area contributed by atoms with Crippen LogP contribution in [-0.4, -0.2) is 0 Å². The monoisotopic (exact) mass is 346 g/mol. The van der Waals surface area contributed by atoms with Crippen LogP contribution >= 0.6 is 23.2 Å². The number of rotatable bonds is 6. The molecule has 1 nitrogen and oxygen atoms in total. The van der Waals surface area contributed by atoms with Crippen LogP contribution < -0.4 is 0 Å². The van der Waals surface area contributed by atoms with Gasteiger partial charge in [-0.25, -0.2) is 0 Å². The van der Waals surface area contributed by atoms with Crippen molar-refractivity contribution >= 4 is 23.2 Å². The van der Waals surface area contributed by atoms with Gasteiger partial charge in [0.15, 0.2) is 0 Å². The molecule has 0 saturated carbocycles. The van der Waals surface area contributed by atoms with Crippen LogP contribution in [-0.2, 0) is 4.74 Å². The molecule has 0 heterocycles. The minimum Gasteiger partial charge on any atom is -0.357 e. The largest absolute Gasteiger partial charge is 0.357 e. The molecule has 2 rings (SSSR count). The summed E-state index contributed by atoms with van der Waals surface area (Å²) in [5, 5.41) is 1.30. The summed E-state index contributed by atoms with van der Waals surface area (Å²) in [6.07, 6.45) is 2.78. The normalized spacial score (nSPS) is 13.4. The first-order valence-electron chi connectivity index (χ1n) is 7.39. The molecule has 0 aliphatic heterocycles. The van der Waals surface area contributed by atoms with E-state index in [9.17, 15) is 0 Å². The highest BCUT2D eigenvalue weighted by Crippen LogP contribution is 2.35. The van der Waals surface area contributed by atoms with Gasteiger partial charge >= 0.3 is 0 Å². The van der Waals surface area contributed by atoms with Gasteiger partial charge in [-0.2, -0.15) is 0 Å². The molecule has 0 fully saturated rings. The minimum atomic E-state index is -0.345. The lowest BCUT2D eigenvalue weighted by atomic mass is 10.0. The van der Waals surface area contributed by atoms with Crippen molar-refractivity contribution in [3.63, 3.8) is 0 Å². The van der Waals surface area contributed by atoms with Gasteiger partial charge in [-0.05, 0) is 26.0 Å². The second-order valence-electron chi connectivity index (χ2n) is 5.50. The lowest BCUT2D eigenvalue weighted by Crippen LogP contribution is -2.08. The Labute approximate surface area is 148 Å². The fraction of sp³-hybridized carbons (Fsp3) is 0.200. The Morgan fingerprint density at radius 3 is 1.57 bits per heavy atom. The van der Waals surface area contributed by atoms with Gasteiger partial charge in [0.2, 0.25) is 0 Å². The molecule has 0 amide bonds. The molecule has 0 N–H and O–H groups in total. The van der Waals surface area contributed by atoms with Crippen molar-refractivity contribution in [2.24, 2.45) is 0 Å². The summed E-state index contributed by atoms with van der Waals surface area (Å²) >= 11 is 12.6. The first kappa shape index (κ1) is 17.8. The number of benzene rings is 2. The second-order valence-corrected chi connectivity index (χ2v) is 6.31. The summed E-state index contributed by atoms with van der Waals surface area (Å²) in [4.78, 5) is 0. The molecule has 2 unspecified atom stereocenters. The van der Waals surface area contributed by atoms with Gasteiger partial charge in [0.25, 0.3) is 0 Å². The summed E-state index contributed by atoms with van der Waals surface area (Å²) in [5.74, 6) is 0. The second kappa shape index (κ2) is 7.83. The number of hydrogen-bond acceptors (Lipinski definition) is 1. The van der Waals surface area contributed by atoms with Crippen molar-refractivity contribution in [3.05, 3.63) is 94.0 Å². The fourth-order valence-electron chi connectivity index (χ4n) is 2.43. The molecule has 2 atom stereocenters. The zero-order valence-electron chi connectivity index (χ0n) is 13.4. The van der Waals surface area contributed by atoms with Crippen molar-refractivity contribution in [2.45, 2.75) is 26.1 Å². The van der Waals surface area contributed by atoms with E-state index < -0.39 is 0 Å². The highest BCUT2D eigenvalue weighted by atomic mass is 35.5. The van der Waals surface area contributed by atoms with Crippen molar-refractivity contribution in [3.8, 4) is 0 Å². The van der Waals surface area contributed by atoms with Crippen LogP contribution in [0.15, 0.2) is 61.7 Å². The molecule has 3 heteroatoms. The summed E-state index contributed by atoms with van der Waals surface area (Å²) in [5.41, 5.74) is 4.00. The van der Waals surface area contributed by atoms with Crippen LogP contribution in [0.2, 0.25) is 10.0 Å². The Kier molecular flexibility index (Phi) is 6.06. The van der Waals surface area contributed by atoms with Gasteiger partial charge < -0.3 is 4.74 Å². The third-order valence-corrected chi connectivity index (χ3v) is 4.33. The lowest BCUT2D eigenvalue weighted by molar-refractivity contribution is 0.0403. The standard InChI is InChI=1S/C20H20Cl2O/c1-5-19(15-11-13(3)7-9-17(15)21)23-20(6-2)16-12-14(4)8-10-18(16)22/h5-12,19-20H,1-2H2,3-4H3. The Hall–Kier alpha value is -1.54. The van der Waals surface area contributed by atoms with Crippen LogP contribution in [0.5, 0.6) is 0 Å². The Balaban J connectivity index is 2.35. The predicted molar refractivity (Wildman–Crippen MR) is 99.3 cm³/mol. The number of ether oxygens (including phenoxy) is 1. The summed E-state index contributed by atoms with van der Waals surface area (Å²) in [6.45, 7) is 11.8. The molecule has 0 bridgehead atoms. The number of halogens is 2. The number of aryl methyl sites for hydroxylation is 2. The van der Waals surface area contributed by atoms with E-state index >= 15 is 0 Å². The van der Waals surface area contributed by atoms with Crippen molar-refractivity contribution < 1.29 is 4.74 Å². The summed E-state index contributed by atoms with van der Waals surface area (Å²) in [6, 6.07) is 11.7. The summed E-state index contributed by atoms with van der Waals surface area (Å²) in [7, 11) is 0. The first-order chi connectivity index (χ1) is 11.0. The highest BCUT2D eigenvalue weighted by Gasteiger charge is 2.19. The lowest BCUT2D eigenvalue weighted by Gasteiger charge is -2.23. The quantitative estimate of drug-likeness (QED) is 0.523. The van der Waals surface area contributed by atoms with Gasteiger partial charge in [0.05, 0.1) is 0 Å². The van der Waals surface area contributed by atoms with Crippen LogP contribution in [0.3, 0.4) is 0 Å². The van der Waals surface area contributed by atoms with Gasteiger partial charge in [0.1, 0.15) is 12.2 Å². The number of hydrogen-bond donors (Lipinski definition) is 0. The average Bonchev–Trinajstić information content (AvgIpc) is 2.54. The molecular weight excluding hydrogens is 327 g/mol. The molecule has 0 aliphatic carbocycles. The SMILES string of the molecule is C=CC(OC(C=C)c1cc(C)ccc1Cl)c1cc(C)ccc1Cl. The van der Waals surface area contributed by atoms with E-state index in [0.29, 0.717) is 10.0 Å². The molecule has 2 aromatic rings. The first-order valence-corrected chi connectivity index (χ1v) is 8.14. The summed E-state index contributed by atoms with van der Waals surface area (Å²) < 4.78 is 6.19. The Bertz CT molecular complexity index is 660. The molecular formula is C20H20Cl2O. The molecule has 0 aromatic heterocycles. The Morgan fingerprint density at radius 1 is 0.826 bits per heavy atom. The van der Waals surface area contributed by atoms with Gasteiger partial charge in [-0.15, -0.1) is 13.2 Å². The van der Waals surface area contributed by atoms with E-state index in [1.54, 1.807) is 12.2 Å². The van der Waals surface area contributed by atoms with Crippen LogP contribution in [0, 0.1) is 13.8 Å². The smallest absolute Gasteiger partial charge is 0.103 e. The maximum atomic E-state index is 6.32. The van der Waals surface area contributed by atoms with Crippen molar-refractivity contribution in [1.82, 2.24) is 0 Å². The molecule has 0 spiro atoms. The third kappa shape index (κ3) is 4.26. The molecule has 120 valence electrons. The van der Waals surface area contributed by atoms with E-state index in [-0.39, 0.29) is 12.2 Å². The van der Waals surface area contributed by atoms with E-state index in [2.05, 4.69) is 13.2 Å². The van der Waals surface area contributed by atoms with Crippen LogP contribution in [0.1, 0.15) is 34.5 Å². The van der Waals surface area contributed by atoms with E-state index in [4.69, 9.17) is 27.9 Å². The topological polar surface area (TPSA) is 9.23 Å². The minimum absolute atomic E-state index is 0.345. The maximum absolute atomic E-state index is 6.32.